The van der Waals surface area contributed by atoms with Gasteiger partial charge >= 0.3 is 6.16 Å². The van der Waals surface area contributed by atoms with Gasteiger partial charge in [-0.2, -0.15) is 0 Å². The quantitative estimate of drug-likeness (QED) is 0.701. The van der Waals surface area contributed by atoms with Crippen molar-refractivity contribution in [3.63, 3.8) is 0 Å². The molecule has 0 saturated heterocycles. The highest BCUT2D eigenvalue weighted by Crippen LogP contribution is 2.35. The first-order valence-electron chi connectivity index (χ1n) is 5.79. The van der Waals surface area contributed by atoms with Gasteiger partial charge in [0.15, 0.2) is 0 Å². The molecule has 3 nitrogen and oxygen atoms in total. The van der Waals surface area contributed by atoms with E-state index in [0.29, 0.717) is 11.5 Å². The molecule has 0 aromatic rings. The van der Waals surface area contributed by atoms with Crippen LogP contribution in [0.25, 0.3) is 0 Å². The van der Waals surface area contributed by atoms with Crippen LogP contribution in [0.4, 0.5) is 4.79 Å². The van der Waals surface area contributed by atoms with E-state index in [4.69, 9.17) is 9.53 Å². The van der Waals surface area contributed by atoms with E-state index in [2.05, 4.69) is 34.6 Å². The van der Waals surface area contributed by atoms with Gasteiger partial charge in [0, 0.05) is 0 Å². The Bertz CT molecular complexity index is 200. The zero-order valence-electron chi connectivity index (χ0n) is 10.5. The van der Waals surface area contributed by atoms with Crippen molar-refractivity contribution >= 4 is 14.5 Å². The number of hydrogen-bond acceptors (Lipinski definition) is 2. The summed E-state index contributed by atoms with van der Waals surface area (Å²) in [5.74, 6) is 0.599. The second kappa shape index (κ2) is 6.15. The number of carboxylic acid groups (broad SMARTS) is 1. The molecule has 0 aliphatic rings. The Hall–Kier alpha value is -0.513. The molecule has 90 valence electrons. The van der Waals surface area contributed by atoms with Crippen molar-refractivity contribution in [2.24, 2.45) is 5.92 Å². The lowest BCUT2D eigenvalue weighted by molar-refractivity contribution is 0.139. The average Bonchev–Trinajstić information content (AvgIpc) is 2.12. The van der Waals surface area contributed by atoms with Crippen LogP contribution >= 0.6 is 0 Å². The van der Waals surface area contributed by atoms with Gasteiger partial charge in [-0.3, -0.25) is 0 Å². The molecular weight excluding hydrogens is 208 g/mol. The Balaban J connectivity index is 4.66. The van der Waals surface area contributed by atoms with Crippen LogP contribution < -0.4 is 0 Å². The first-order chi connectivity index (χ1) is 6.88. The monoisotopic (exact) mass is 232 g/mol. The maximum Gasteiger partial charge on any atom is 0.491 e. The van der Waals surface area contributed by atoms with Gasteiger partial charge in [0.2, 0.25) is 0 Å². The van der Waals surface area contributed by atoms with Crippen LogP contribution in [0.15, 0.2) is 0 Å². The molecule has 0 fully saturated rings. The standard InChI is InChI=1S/C11H24O3Si/c1-6-15(7-2,14-11(12)13)10(5)8-9(3)4/h9-10H,6-8H2,1-5H3,(H,12,13). The maximum absolute atomic E-state index is 10.7. The van der Waals surface area contributed by atoms with E-state index in [9.17, 15) is 4.79 Å². The second-order valence-corrected chi connectivity index (χ2v) is 9.40. The van der Waals surface area contributed by atoms with Crippen molar-refractivity contribution in [3.05, 3.63) is 0 Å². The van der Waals surface area contributed by atoms with Gasteiger partial charge in [0.1, 0.15) is 0 Å². The molecule has 0 rings (SSSR count). The van der Waals surface area contributed by atoms with Gasteiger partial charge in [-0.05, 0) is 30.0 Å². The summed E-state index contributed by atoms with van der Waals surface area (Å²) in [7, 11) is -2.07. The molecule has 0 amide bonds. The van der Waals surface area contributed by atoms with Crippen molar-refractivity contribution in [3.8, 4) is 0 Å². The summed E-state index contributed by atoms with van der Waals surface area (Å²) in [6.07, 6.45) is -0.0396. The van der Waals surface area contributed by atoms with Gasteiger partial charge in [0.25, 0.3) is 8.32 Å². The fourth-order valence-electron chi connectivity index (χ4n) is 2.29. The zero-order valence-corrected chi connectivity index (χ0v) is 11.5. The van der Waals surface area contributed by atoms with E-state index in [1.165, 1.54) is 0 Å². The molecule has 0 spiro atoms. The van der Waals surface area contributed by atoms with Crippen molar-refractivity contribution in [1.29, 1.82) is 0 Å². The van der Waals surface area contributed by atoms with Crippen molar-refractivity contribution < 1.29 is 14.3 Å². The van der Waals surface area contributed by atoms with Crippen LogP contribution in [0, 0.1) is 5.92 Å². The molecule has 0 saturated carbocycles. The third-order valence-electron chi connectivity index (χ3n) is 3.21. The van der Waals surface area contributed by atoms with Crippen LogP contribution in [0.3, 0.4) is 0 Å². The largest absolute Gasteiger partial charge is 0.491 e. The lowest BCUT2D eigenvalue weighted by atomic mass is 10.1. The summed E-state index contributed by atoms with van der Waals surface area (Å²) in [6.45, 7) is 10.6. The molecule has 0 aromatic carbocycles. The Labute approximate surface area is 94.0 Å². The molecule has 0 bridgehead atoms. The summed E-state index contributed by atoms with van der Waals surface area (Å²) in [5, 5.41) is 8.81. The van der Waals surface area contributed by atoms with Crippen LogP contribution in [0.2, 0.25) is 17.6 Å². The zero-order chi connectivity index (χ0) is 12.1. The Kier molecular flexibility index (Phi) is 5.94. The first-order valence-corrected chi connectivity index (χ1v) is 8.19. The lowest BCUT2D eigenvalue weighted by Crippen LogP contribution is -2.43. The average molecular weight is 232 g/mol. The molecule has 0 radical (unpaired) electrons. The minimum Gasteiger partial charge on any atom is -0.489 e. The van der Waals surface area contributed by atoms with E-state index in [1.54, 1.807) is 0 Å². The van der Waals surface area contributed by atoms with Crippen molar-refractivity contribution in [1.82, 2.24) is 0 Å². The van der Waals surface area contributed by atoms with Gasteiger partial charge in [-0.1, -0.05) is 34.6 Å². The minimum absolute atomic E-state index is 0.406. The highest BCUT2D eigenvalue weighted by Gasteiger charge is 2.41. The normalized spacial score (nSPS) is 14.0. The minimum atomic E-state index is -2.07. The number of hydrogen-bond donors (Lipinski definition) is 1. The summed E-state index contributed by atoms with van der Waals surface area (Å²) in [6, 6.07) is 1.76. The van der Waals surface area contributed by atoms with E-state index in [-0.39, 0.29) is 0 Å². The van der Waals surface area contributed by atoms with Crippen molar-refractivity contribution in [2.45, 2.75) is 58.7 Å². The third-order valence-corrected chi connectivity index (χ3v) is 8.22. The van der Waals surface area contributed by atoms with Gasteiger partial charge in [-0.15, -0.1) is 0 Å². The molecule has 0 heterocycles. The molecule has 0 aromatic heterocycles. The second-order valence-electron chi connectivity index (χ2n) is 4.67. The third kappa shape index (κ3) is 4.24. The lowest BCUT2D eigenvalue weighted by Gasteiger charge is -2.34. The van der Waals surface area contributed by atoms with Crippen molar-refractivity contribution in [2.75, 3.05) is 0 Å². The Morgan fingerprint density at radius 3 is 2.00 bits per heavy atom. The molecular formula is C11H24O3Si. The topological polar surface area (TPSA) is 46.5 Å². The fourth-order valence-corrected chi connectivity index (χ4v) is 5.92. The highest BCUT2D eigenvalue weighted by molar-refractivity contribution is 6.76. The molecule has 1 unspecified atom stereocenters. The fraction of sp³-hybridized carbons (Fsp3) is 0.909. The molecule has 1 N–H and O–H groups in total. The highest BCUT2D eigenvalue weighted by atomic mass is 28.4. The summed E-state index contributed by atoms with van der Waals surface area (Å²) >= 11 is 0. The van der Waals surface area contributed by atoms with Gasteiger partial charge < -0.3 is 9.53 Å². The SMILES string of the molecule is CC[Si](CC)(OC(=O)O)C(C)CC(C)C. The van der Waals surface area contributed by atoms with Crippen LogP contribution in [-0.4, -0.2) is 19.6 Å². The van der Waals surface area contributed by atoms with Gasteiger partial charge in [0.05, 0.1) is 0 Å². The predicted octanol–water partition coefficient (Wildman–Crippen LogP) is 4.10. The molecule has 4 heteroatoms. The van der Waals surface area contributed by atoms with E-state index < -0.39 is 14.5 Å². The Morgan fingerprint density at radius 1 is 1.27 bits per heavy atom. The number of rotatable bonds is 6. The first kappa shape index (κ1) is 14.5. The molecule has 1 atom stereocenters. The smallest absolute Gasteiger partial charge is 0.489 e. The summed E-state index contributed by atoms with van der Waals surface area (Å²) in [4.78, 5) is 10.7. The van der Waals surface area contributed by atoms with E-state index in [0.717, 1.165) is 18.5 Å². The summed E-state index contributed by atoms with van der Waals surface area (Å²) in [5.41, 5.74) is 0.406. The molecule has 15 heavy (non-hydrogen) atoms. The van der Waals surface area contributed by atoms with E-state index in [1.807, 2.05) is 0 Å². The van der Waals surface area contributed by atoms with Gasteiger partial charge in [-0.25, -0.2) is 4.79 Å². The number of carbonyl (C=O) groups is 1. The summed E-state index contributed by atoms with van der Waals surface area (Å²) < 4.78 is 5.25. The van der Waals surface area contributed by atoms with Crippen LogP contribution in [-0.2, 0) is 4.43 Å². The van der Waals surface area contributed by atoms with Crippen LogP contribution in [0.5, 0.6) is 0 Å². The molecule has 0 aliphatic heterocycles. The maximum atomic E-state index is 10.7. The molecule has 0 aliphatic carbocycles. The van der Waals surface area contributed by atoms with E-state index >= 15 is 0 Å². The Morgan fingerprint density at radius 2 is 1.73 bits per heavy atom. The predicted molar refractivity (Wildman–Crippen MR) is 64.7 cm³/mol. The van der Waals surface area contributed by atoms with Crippen LogP contribution in [0.1, 0.15) is 41.0 Å².